The van der Waals surface area contributed by atoms with Crippen LogP contribution >= 0.6 is 0 Å². The van der Waals surface area contributed by atoms with Crippen LogP contribution < -0.4 is 18.9 Å². The highest BCUT2D eigenvalue weighted by molar-refractivity contribution is 5.87. The molecule has 2 atom stereocenters. The zero-order valence-electron chi connectivity index (χ0n) is 29.4. The molecule has 0 heterocycles. The molecule has 8 nitrogen and oxygen atoms in total. The summed E-state index contributed by atoms with van der Waals surface area (Å²) >= 11 is 0. The third-order valence-corrected chi connectivity index (χ3v) is 7.71. The highest BCUT2D eigenvalue weighted by atomic mass is 16.6. The van der Waals surface area contributed by atoms with Gasteiger partial charge in [0, 0.05) is 28.3 Å². The first-order chi connectivity index (χ1) is 25.3. The molecule has 0 amide bonds. The molecule has 0 radical (unpaired) electrons. The number of hydrogen-bond donors (Lipinski definition) is 0. The number of esters is 2. The van der Waals surface area contributed by atoms with Crippen molar-refractivity contribution in [3.63, 3.8) is 0 Å². The van der Waals surface area contributed by atoms with Gasteiger partial charge in [0.25, 0.3) is 0 Å². The maximum Gasteiger partial charge on any atom is 0.333 e. The monoisotopic (exact) mass is 698 g/mol. The molecule has 0 saturated carbocycles. The predicted octanol–water partition coefficient (Wildman–Crippen LogP) is 8.91. The van der Waals surface area contributed by atoms with Crippen LogP contribution in [0, 0.1) is 0 Å². The minimum Gasteiger partial charge on any atom is -0.489 e. The molecule has 8 heteroatoms. The van der Waals surface area contributed by atoms with Gasteiger partial charge in [-0.3, -0.25) is 0 Å². The van der Waals surface area contributed by atoms with Crippen molar-refractivity contribution in [2.75, 3.05) is 26.4 Å². The average molecular weight is 699 g/mol. The molecule has 5 aromatic carbocycles. The molecule has 0 fully saturated rings. The van der Waals surface area contributed by atoms with Crippen LogP contribution in [0.25, 0.3) is 22.3 Å². The van der Waals surface area contributed by atoms with Crippen molar-refractivity contribution in [1.82, 2.24) is 0 Å². The highest BCUT2D eigenvalue weighted by Gasteiger charge is 2.20. The summed E-state index contributed by atoms with van der Waals surface area (Å²) in [7, 11) is 0. The van der Waals surface area contributed by atoms with E-state index in [0.29, 0.717) is 23.0 Å². The summed E-state index contributed by atoms with van der Waals surface area (Å²) in [6.45, 7) is 10.7. The van der Waals surface area contributed by atoms with Gasteiger partial charge in [-0.05, 0) is 49.2 Å². The summed E-state index contributed by atoms with van der Waals surface area (Å²) in [5, 5.41) is 0. The first-order valence-electron chi connectivity index (χ1n) is 16.9. The van der Waals surface area contributed by atoms with E-state index in [9.17, 15) is 9.59 Å². The van der Waals surface area contributed by atoms with Crippen LogP contribution in [0.5, 0.6) is 23.0 Å². The molecule has 0 aliphatic carbocycles. The van der Waals surface area contributed by atoms with Crippen molar-refractivity contribution < 1.29 is 38.0 Å². The van der Waals surface area contributed by atoms with Crippen LogP contribution in [-0.2, 0) is 19.1 Å². The van der Waals surface area contributed by atoms with Gasteiger partial charge < -0.3 is 28.4 Å². The highest BCUT2D eigenvalue weighted by Crippen LogP contribution is 2.31. The SMILES string of the molecule is C=C(C)C(=O)OC(COc1cccc(OCC(COc2ccccc2-c2ccccc2)OC(=O)C(=C)C)c1)COc1ccccc1-c1ccccc1. The number of carbonyl (C=O) groups is 2. The van der Waals surface area contributed by atoms with E-state index in [4.69, 9.17) is 28.4 Å². The van der Waals surface area contributed by atoms with E-state index in [1.807, 2.05) is 109 Å². The number of rotatable bonds is 18. The number of ether oxygens (including phenoxy) is 6. The fraction of sp³-hybridized carbons (Fsp3) is 0.182. The Kier molecular flexibility index (Phi) is 13.3. The number of carbonyl (C=O) groups excluding carboxylic acids is 2. The second kappa shape index (κ2) is 18.6. The summed E-state index contributed by atoms with van der Waals surface area (Å²) < 4.78 is 35.8. The Morgan fingerprint density at radius 3 is 1.25 bits per heavy atom. The van der Waals surface area contributed by atoms with Gasteiger partial charge in [0.1, 0.15) is 49.4 Å². The first-order valence-corrected chi connectivity index (χ1v) is 16.9. The molecule has 0 spiro atoms. The molecular weight excluding hydrogens is 656 g/mol. The van der Waals surface area contributed by atoms with Crippen LogP contribution in [-0.4, -0.2) is 50.6 Å². The maximum atomic E-state index is 12.5. The topological polar surface area (TPSA) is 89.5 Å². The van der Waals surface area contributed by atoms with Crippen molar-refractivity contribution in [3.8, 4) is 45.3 Å². The van der Waals surface area contributed by atoms with E-state index in [2.05, 4.69) is 13.2 Å². The van der Waals surface area contributed by atoms with Gasteiger partial charge in [-0.1, -0.05) is 116 Å². The number of hydrogen-bond acceptors (Lipinski definition) is 8. The zero-order valence-corrected chi connectivity index (χ0v) is 29.4. The number of para-hydroxylation sites is 2. The van der Waals surface area contributed by atoms with E-state index in [-0.39, 0.29) is 37.6 Å². The van der Waals surface area contributed by atoms with Crippen molar-refractivity contribution >= 4 is 11.9 Å². The minimum absolute atomic E-state index is 0.00346. The van der Waals surface area contributed by atoms with E-state index >= 15 is 0 Å². The van der Waals surface area contributed by atoms with Gasteiger partial charge in [-0.15, -0.1) is 0 Å². The first kappa shape index (κ1) is 37.0. The Labute approximate surface area is 304 Å². The van der Waals surface area contributed by atoms with Gasteiger partial charge in [-0.2, -0.15) is 0 Å². The third kappa shape index (κ3) is 10.9. The van der Waals surface area contributed by atoms with Crippen molar-refractivity contribution in [1.29, 1.82) is 0 Å². The van der Waals surface area contributed by atoms with Crippen LogP contribution in [0.1, 0.15) is 13.8 Å². The summed E-state index contributed by atoms with van der Waals surface area (Å²) in [5.41, 5.74) is 4.36. The molecule has 0 aliphatic heterocycles. The molecule has 0 N–H and O–H groups in total. The summed E-state index contributed by atoms with van der Waals surface area (Å²) in [4.78, 5) is 25.0. The van der Waals surface area contributed by atoms with Crippen molar-refractivity contribution in [2.24, 2.45) is 0 Å². The van der Waals surface area contributed by atoms with E-state index in [1.165, 1.54) is 0 Å². The lowest BCUT2D eigenvalue weighted by Crippen LogP contribution is -2.31. The Morgan fingerprint density at radius 1 is 0.481 bits per heavy atom. The lowest BCUT2D eigenvalue weighted by Gasteiger charge is -2.21. The smallest absolute Gasteiger partial charge is 0.333 e. The molecule has 0 aliphatic rings. The summed E-state index contributed by atoms with van der Waals surface area (Å²) in [6.07, 6.45) is -1.50. The lowest BCUT2D eigenvalue weighted by atomic mass is 10.1. The third-order valence-electron chi connectivity index (χ3n) is 7.71. The van der Waals surface area contributed by atoms with Crippen LogP contribution in [0.3, 0.4) is 0 Å². The minimum atomic E-state index is -0.751. The molecule has 5 aromatic rings. The molecule has 52 heavy (non-hydrogen) atoms. The lowest BCUT2D eigenvalue weighted by molar-refractivity contribution is -0.148. The zero-order chi connectivity index (χ0) is 36.7. The molecular formula is C44H42O8. The van der Waals surface area contributed by atoms with Crippen LogP contribution in [0.15, 0.2) is 158 Å². The second-order valence-electron chi connectivity index (χ2n) is 12.1. The fourth-order valence-corrected chi connectivity index (χ4v) is 5.03. The largest absolute Gasteiger partial charge is 0.489 e. The van der Waals surface area contributed by atoms with Gasteiger partial charge in [0.15, 0.2) is 12.2 Å². The van der Waals surface area contributed by atoms with Crippen LogP contribution in [0.4, 0.5) is 0 Å². The van der Waals surface area contributed by atoms with Gasteiger partial charge in [0.05, 0.1) is 0 Å². The quantitative estimate of drug-likeness (QED) is 0.0662. The Balaban J connectivity index is 1.23. The molecule has 0 saturated heterocycles. The van der Waals surface area contributed by atoms with Crippen molar-refractivity contribution in [3.05, 3.63) is 158 Å². The second-order valence-corrected chi connectivity index (χ2v) is 12.1. The number of benzene rings is 5. The molecule has 0 bridgehead atoms. The molecule has 0 aromatic heterocycles. The van der Waals surface area contributed by atoms with Crippen LogP contribution in [0.2, 0.25) is 0 Å². The Bertz CT molecular complexity index is 1820. The standard InChI is InChI=1S/C44H42O8/c1-31(2)43(45)51-37(29-49-41-24-13-11-22-39(41)33-16-7-5-8-17-33)27-47-35-20-15-21-36(26-35)48-28-38(52-44(46)32(3)4)30-50-42-25-14-12-23-40(42)34-18-9-6-10-19-34/h5-26,37-38H,1,3,27-30H2,2,4H3. The van der Waals surface area contributed by atoms with Crippen molar-refractivity contribution in [2.45, 2.75) is 26.1 Å². The average Bonchev–Trinajstić information content (AvgIpc) is 3.17. The van der Waals surface area contributed by atoms with Gasteiger partial charge in [-0.25, -0.2) is 9.59 Å². The Hall–Kier alpha value is -6.28. The fourth-order valence-electron chi connectivity index (χ4n) is 5.03. The molecule has 266 valence electrons. The maximum absolute atomic E-state index is 12.5. The van der Waals surface area contributed by atoms with E-state index < -0.39 is 24.1 Å². The summed E-state index contributed by atoms with van der Waals surface area (Å²) in [6, 6.07) is 42.1. The van der Waals surface area contributed by atoms with E-state index in [1.54, 1.807) is 38.1 Å². The predicted molar refractivity (Wildman–Crippen MR) is 202 cm³/mol. The van der Waals surface area contributed by atoms with Gasteiger partial charge in [0.2, 0.25) is 0 Å². The molecule has 2 unspecified atom stereocenters. The van der Waals surface area contributed by atoms with Gasteiger partial charge >= 0.3 is 11.9 Å². The summed E-state index contributed by atoms with van der Waals surface area (Å²) in [5.74, 6) is 1.15. The molecule has 5 rings (SSSR count). The Morgan fingerprint density at radius 2 is 0.846 bits per heavy atom. The van der Waals surface area contributed by atoms with E-state index in [0.717, 1.165) is 22.3 Å². The normalized spacial score (nSPS) is 11.7.